The minimum Gasteiger partial charge on any atom is -0.489 e. The van der Waals surface area contributed by atoms with Crippen LogP contribution in [0.5, 0.6) is 5.75 Å². The summed E-state index contributed by atoms with van der Waals surface area (Å²) in [6, 6.07) is 3.90. The van der Waals surface area contributed by atoms with Crippen LogP contribution in [0.15, 0.2) is 24.4 Å². The zero-order valence-electron chi connectivity index (χ0n) is 10.1. The molecular weight excluding hydrogens is 230 g/mol. The Kier molecular flexibility index (Phi) is 2.55. The molecule has 1 aromatic rings. The minimum absolute atomic E-state index is 0.359. The van der Waals surface area contributed by atoms with Gasteiger partial charge < -0.3 is 9.47 Å². The van der Waals surface area contributed by atoms with E-state index in [0.29, 0.717) is 13.2 Å². The second-order valence-electron chi connectivity index (χ2n) is 4.04. The molecule has 0 saturated heterocycles. The van der Waals surface area contributed by atoms with E-state index in [4.69, 9.17) is 9.47 Å². The van der Waals surface area contributed by atoms with E-state index < -0.39 is 0 Å². The molecule has 0 N–H and O–H groups in total. The van der Waals surface area contributed by atoms with Gasteiger partial charge in [-0.3, -0.25) is 4.90 Å². The largest absolute Gasteiger partial charge is 0.489 e. The number of benzene rings is 1. The second-order valence-corrected chi connectivity index (χ2v) is 4.04. The first kappa shape index (κ1) is 10.9. The highest BCUT2D eigenvalue weighted by Crippen LogP contribution is 2.16. The fourth-order valence-corrected chi connectivity index (χ4v) is 2.11. The monoisotopic (exact) mass is 243 g/mol. The molecule has 0 spiro atoms. The summed E-state index contributed by atoms with van der Waals surface area (Å²) >= 11 is 0. The van der Waals surface area contributed by atoms with Crippen LogP contribution >= 0.6 is 0 Å². The number of allylic oxidation sites excluding steroid dienone is 1. The first-order valence-corrected chi connectivity index (χ1v) is 5.91. The van der Waals surface area contributed by atoms with Crippen molar-refractivity contribution in [1.82, 2.24) is 0 Å². The normalized spacial score (nSPS) is 15.1. The van der Waals surface area contributed by atoms with Crippen LogP contribution in [0.1, 0.15) is 6.92 Å². The Morgan fingerprint density at radius 2 is 2.33 bits per heavy atom. The van der Waals surface area contributed by atoms with Crippen molar-refractivity contribution in [3.8, 4) is 5.75 Å². The molecule has 0 radical (unpaired) electrons. The molecule has 3 rings (SSSR count). The molecule has 0 bridgehead atoms. The van der Waals surface area contributed by atoms with E-state index in [1.54, 1.807) is 13.1 Å². The van der Waals surface area contributed by atoms with Crippen molar-refractivity contribution in [3.63, 3.8) is 0 Å². The maximum Gasteiger partial charge on any atom is 0.418 e. The number of carbonyl (C=O) groups excluding carboxylic acids is 1. The van der Waals surface area contributed by atoms with E-state index in [-0.39, 0.29) is 6.09 Å². The third-order valence-electron chi connectivity index (χ3n) is 2.94. The summed E-state index contributed by atoms with van der Waals surface area (Å²) < 4.78 is 10.5. The Labute approximate surface area is 104 Å². The number of amides is 1. The van der Waals surface area contributed by atoms with Gasteiger partial charge in [-0.25, -0.2) is 4.79 Å². The van der Waals surface area contributed by atoms with E-state index >= 15 is 0 Å². The van der Waals surface area contributed by atoms with Crippen LogP contribution in [-0.2, 0) is 4.74 Å². The Balaban J connectivity index is 2.10. The van der Waals surface area contributed by atoms with Crippen molar-refractivity contribution < 1.29 is 14.3 Å². The fourth-order valence-electron chi connectivity index (χ4n) is 2.11. The highest BCUT2D eigenvalue weighted by Gasteiger charge is 2.19. The average Bonchev–Trinajstić information content (AvgIpc) is 2.82. The molecule has 18 heavy (non-hydrogen) atoms. The molecule has 4 nitrogen and oxygen atoms in total. The van der Waals surface area contributed by atoms with Crippen LogP contribution in [0.4, 0.5) is 10.5 Å². The third kappa shape index (κ3) is 1.66. The van der Waals surface area contributed by atoms with E-state index in [1.165, 1.54) is 4.90 Å². The molecule has 0 unspecified atom stereocenters. The first-order valence-electron chi connectivity index (χ1n) is 5.91. The smallest absolute Gasteiger partial charge is 0.418 e. The number of rotatable bonds is 1. The second kappa shape index (κ2) is 4.22. The van der Waals surface area contributed by atoms with Gasteiger partial charge in [-0.1, -0.05) is 6.08 Å². The predicted molar refractivity (Wildman–Crippen MR) is 68.8 cm³/mol. The number of anilines is 1. The Bertz CT molecular complexity index is 646. The molecule has 2 aliphatic heterocycles. The van der Waals surface area contributed by atoms with Crippen LogP contribution in [0.2, 0.25) is 0 Å². The lowest BCUT2D eigenvalue weighted by atomic mass is 10.1. The van der Waals surface area contributed by atoms with Gasteiger partial charge in [-0.05, 0) is 31.2 Å². The molecule has 2 heterocycles. The number of hydrogen-bond acceptors (Lipinski definition) is 3. The molecule has 0 saturated carbocycles. The zero-order chi connectivity index (χ0) is 12.5. The van der Waals surface area contributed by atoms with E-state index in [9.17, 15) is 4.79 Å². The van der Waals surface area contributed by atoms with Gasteiger partial charge in [0.15, 0.2) is 0 Å². The summed E-state index contributed by atoms with van der Waals surface area (Å²) in [5, 5.41) is 1.98. The highest BCUT2D eigenvalue weighted by molar-refractivity contribution is 5.91. The van der Waals surface area contributed by atoms with E-state index in [2.05, 4.69) is 0 Å². The number of hydrogen-bond donors (Lipinski definition) is 0. The van der Waals surface area contributed by atoms with Gasteiger partial charge in [-0.15, -0.1) is 0 Å². The molecule has 0 fully saturated rings. The third-order valence-corrected chi connectivity index (χ3v) is 2.94. The van der Waals surface area contributed by atoms with Crippen LogP contribution in [0.25, 0.3) is 12.2 Å². The SMILES string of the molecule is CCOC(=O)N1C=CC=c2cc3c(cc21)=CCO3. The molecule has 2 aliphatic rings. The van der Waals surface area contributed by atoms with Gasteiger partial charge in [0.2, 0.25) is 0 Å². The van der Waals surface area contributed by atoms with E-state index in [0.717, 1.165) is 21.9 Å². The Morgan fingerprint density at radius 1 is 1.44 bits per heavy atom. The van der Waals surface area contributed by atoms with Crippen LogP contribution in [0, 0.1) is 0 Å². The first-order chi connectivity index (χ1) is 8.79. The highest BCUT2D eigenvalue weighted by atomic mass is 16.6. The van der Waals surface area contributed by atoms with Gasteiger partial charge in [0.1, 0.15) is 12.4 Å². The van der Waals surface area contributed by atoms with Crippen molar-refractivity contribution in [2.24, 2.45) is 0 Å². The molecular formula is C14H13NO3. The number of nitrogens with zero attached hydrogens (tertiary/aromatic N) is 1. The summed E-state index contributed by atoms with van der Waals surface area (Å²) in [7, 11) is 0. The Morgan fingerprint density at radius 3 is 3.17 bits per heavy atom. The molecule has 4 heteroatoms. The predicted octanol–water partition coefficient (Wildman–Crippen LogP) is 1.13. The summed E-state index contributed by atoms with van der Waals surface area (Å²) in [5.41, 5.74) is 0.830. The van der Waals surface area contributed by atoms with E-state index in [1.807, 2.05) is 30.4 Å². The summed E-state index contributed by atoms with van der Waals surface area (Å²) in [5.74, 6) is 0.865. The molecule has 0 aromatic heterocycles. The fraction of sp³-hybridized carbons (Fsp3) is 0.214. The van der Waals surface area contributed by atoms with Crippen molar-refractivity contribution in [2.45, 2.75) is 6.92 Å². The standard InChI is InChI=1S/C14H13NO3/c1-2-17-14(16)15-6-3-4-10-9-13-11(5-7-18-13)8-12(10)15/h3-6,8-9H,2,7H2,1H3. The van der Waals surface area contributed by atoms with Crippen LogP contribution in [-0.4, -0.2) is 19.3 Å². The van der Waals surface area contributed by atoms with Crippen LogP contribution < -0.4 is 20.1 Å². The van der Waals surface area contributed by atoms with Crippen LogP contribution in [0.3, 0.4) is 0 Å². The lowest BCUT2D eigenvalue weighted by molar-refractivity contribution is 0.162. The summed E-state index contributed by atoms with van der Waals surface area (Å²) in [6.07, 6.45) is 7.12. The van der Waals surface area contributed by atoms with Gasteiger partial charge in [0, 0.05) is 16.6 Å². The average molecular weight is 243 g/mol. The molecule has 0 atom stereocenters. The lowest BCUT2D eigenvalue weighted by Gasteiger charge is -2.20. The maximum absolute atomic E-state index is 11.9. The Hall–Kier alpha value is -2.23. The van der Waals surface area contributed by atoms with Crippen molar-refractivity contribution in [1.29, 1.82) is 0 Å². The summed E-state index contributed by atoms with van der Waals surface area (Å²) in [6.45, 7) is 2.75. The topological polar surface area (TPSA) is 38.8 Å². The van der Waals surface area contributed by atoms with Crippen molar-refractivity contribution in [2.75, 3.05) is 18.1 Å². The lowest BCUT2D eigenvalue weighted by Crippen LogP contribution is -2.33. The number of ether oxygens (including phenoxy) is 2. The molecule has 0 aliphatic carbocycles. The van der Waals surface area contributed by atoms with Gasteiger partial charge in [0.25, 0.3) is 0 Å². The minimum atomic E-state index is -0.359. The maximum atomic E-state index is 11.9. The van der Waals surface area contributed by atoms with Crippen molar-refractivity contribution >= 4 is 23.9 Å². The quantitative estimate of drug-likeness (QED) is 0.742. The molecule has 1 aromatic carbocycles. The zero-order valence-corrected chi connectivity index (χ0v) is 10.1. The van der Waals surface area contributed by atoms with Crippen molar-refractivity contribution in [3.05, 3.63) is 34.8 Å². The van der Waals surface area contributed by atoms with Gasteiger partial charge in [-0.2, -0.15) is 0 Å². The van der Waals surface area contributed by atoms with Gasteiger partial charge in [0.05, 0.1) is 12.3 Å². The number of fused-ring (bicyclic) bond motifs is 2. The number of carbonyl (C=O) groups is 1. The molecule has 92 valence electrons. The van der Waals surface area contributed by atoms with Gasteiger partial charge >= 0.3 is 6.09 Å². The summed E-state index contributed by atoms with van der Waals surface area (Å²) in [4.78, 5) is 13.4. The molecule has 1 amide bonds.